The van der Waals surface area contributed by atoms with E-state index in [1.807, 2.05) is 91.0 Å². The summed E-state index contributed by atoms with van der Waals surface area (Å²) in [6.45, 7) is 6.72. The SMILES string of the molecule is CO[C@]12CCCC[C@]1(OC)O[C@H]1[C@H](O2)[C@H](O[C@H]2O[C@H](CO[C@H]3O[C@H](COCc4ccc(F)cc4)[C@@H](OCc4ccc(F)cc4)[C@H](OCc4ccc(F)cc4)[C@@H]3OC(C)=O)[C@@H](OCc3ccccc3)[C@H](OCc3ccccc3)[C@@H]2OCc2ccccc2)[C@@H](OC[C@H]2O[C@@H]3OC(C)(C)O[C@@H]3[C@H]3OC(C)(C)O[C@H]32)O[C@@H]1COC(=O)c1ccccc1. The summed E-state index contributed by atoms with van der Waals surface area (Å²) in [5, 5.41) is 0. The quantitative estimate of drug-likeness (QED) is 0.0347. The number of esters is 2. The van der Waals surface area contributed by atoms with Crippen molar-refractivity contribution in [2.45, 2.75) is 246 Å². The van der Waals surface area contributed by atoms with Gasteiger partial charge in [0, 0.05) is 34.0 Å². The van der Waals surface area contributed by atoms with Crippen LogP contribution in [0.5, 0.6) is 0 Å². The predicted molar refractivity (Wildman–Crippen MR) is 406 cm³/mol. The van der Waals surface area contributed by atoms with Crippen molar-refractivity contribution in [1.82, 2.24) is 0 Å². The number of hydrogen-bond acceptors (Lipinski definition) is 25. The molecule has 28 heteroatoms. The van der Waals surface area contributed by atoms with Gasteiger partial charge >= 0.3 is 11.9 Å². The van der Waals surface area contributed by atoms with Gasteiger partial charge in [0.25, 0.3) is 0 Å². The summed E-state index contributed by atoms with van der Waals surface area (Å²) in [6.07, 6.45) is -21.9. The molecule has 0 radical (unpaired) electrons. The van der Waals surface area contributed by atoms with Crippen LogP contribution < -0.4 is 0 Å². The molecule has 7 heterocycles. The first-order chi connectivity index (χ1) is 56.7. The summed E-state index contributed by atoms with van der Waals surface area (Å²) in [4.78, 5) is 28.0. The average molecular weight is 1630 g/mol. The Hall–Kier alpha value is -7.57. The third-order valence-corrected chi connectivity index (χ3v) is 22.0. The molecule has 1 saturated carbocycles. The van der Waals surface area contributed by atoms with Crippen LogP contribution in [0.15, 0.2) is 194 Å². The molecule has 1 aliphatic carbocycles. The van der Waals surface area contributed by atoms with E-state index < -0.39 is 189 Å². The summed E-state index contributed by atoms with van der Waals surface area (Å²) in [5.41, 5.74) is 4.38. The number of rotatable bonds is 33. The fraction of sp³-hybridized carbons (Fsp3) is 0.506. The molecule has 25 nitrogen and oxygen atoms in total. The molecule has 628 valence electrons. The van der Waals surface area contributed by atoms with E-state index in [9.17, 15) is 22.8 Å². The monoisotopic (exact) mass is 1630 g/mol. The molecule has 7 saturated heterocycles. The van der Waals surface area contributed by atoms with Crippen molar-refractivity contribution in [3.8, 4) is 0 Å². The Morgan fingerprint density at radius 3 is 1.28 bits per heavy atom. The lowest BCUT2D eigenvalue weighted by Crippen LogP contribution is -2.76. The molecular weight excluding hydrogens is 1530 g/mol. The van der Waals surface area contributed by atoms with Crippen LogP contribution in [-0.4, -0.2) is 199 Å². The molecule has 8 fully saturated rings. The normalized spacial score (nSPS) is 32.9. The maximum absolute atomic E-state index is 14.6. The van der Waals surface area contributed by atoms with Crippen molar-refractivity contribution in [3.63, 3.8) is 0 Å². The first-order valence-electron chi connectivity index (χ1n) is 39.8. The Kier molecular flexibility index (Phi) is 27.4. The summed E-state index contributed by atoms with van der Waals surface area (Å²) in [7, 11) is 3.05. The van der Waals surface area contributed by atoms with E-state index in [0.717, 1.165) is 16.7 Å². The van der Waals surface area contributed by atoms with Gasteiger partial charge in [0.2, 0.25) is 11.6 Å². The zero-order chi connectivity index (χ0) is 81.3. The molecule has 7 aromatic rings. The molecule has 15 rings (SSSR count). The highest BCUT2D eigenvalue weighted by Crippen LogP contribution is 2.53. The van der Waals surface area contributed by atoms with Gasteiger partial charge in [-0.2, -0.15) is 0 Å². The van der Waals surface area contributed by atoms with Gasteiger partial charge in [0.1, 0.15) is 116 Å². The van der Waals surface area contributed by atoms with E-state index in [2.05, 4.69) is 0 Å². The second-order valence-electron chi connectivity index (χ2n) is 31.2. The molecule has 7 aromatic carbocycles. The molecule has 0 aromatic heterocycles. The zero-order valence-corrected chi connectivity index (χ0v) is 66.3. The number of methoxy groups -OCH3 is 2. The van der Waals surface area contributed by atoms with Crippen molar-refractivity contribution in [2.24, 2.45) is 0 Å². The Bertz CT molecular complexity index is 4300. The number of carbonyl (C=O) groups excluding carboxylic acids is 2. The number of halogens is 3. The molecule has 7 aliphatic heterocycles. The molecule has 0 N–H and O–H groups in total. The second-order valence-corrected chi connectivity index (χ2v) is 31.2. The first kappa shape index (κ1) is 84.4. The van der Waals surface area contributed by atoms with Gasteiger partial charge in [-0.1, -0.05) is 146 Å². The Morgan fingerprint density at radius 2 is 0.761 bits per heavy atom. The number of hydrogen-bond donors (Lipinski definition) is 0. The highest BCUT2D eigenvalue weighted by atomic mass is 19.1. The third kappa shape index (κ3) is 20.2. The van der Waals surface area contributed by atoms with E-state index >= 15 is 0 Å². The number of benzene rings is 7. The van der Waals surface area contributed by atoms with Crippen LogP contribution in [0.4, 0.5) is 13.2 Å². The lowest BCUT2D eigenvalue weighted by Gasteiger charge is -2.60. The number of carbonyl (C=O) groups is 2. The molecule has 0 bridgehead atoms. The fourth-order valence-corrected chi connectivity index (χ4v) is 16.5. The summed E-state index contributed by atoms with van der Waals surface area (Å²) >= 11 is 0. The highest BCUT2D eigenvalue weighted by molar-refractivity contribution is 5.89. The molecule has 8 aliphatic rings. The molecule has 117 heavy (non-hydrogen) atoms. The van der Waals surface area contributed by atoms with Crippen LogP contribution in [0.2, 0.25) is 0 Å². The van der Waals surface area contributed by atoms with E-state index in [4.69, 9.17) is 109 Å². The molecule has 22 atom stereocenters. The smallest absolute Gasteiger partial charge is 0.338 e. The Balaban J connectivity index is 0.839. The van der Waals surface area contributed by atoms with Crippen molar-refractivity contribution in [1.29, 1.82) is 0 Å². The van der Waals surface area contributed by atoms with Crippen molar-refractivity contribution < 1.29 is 132 Å². The topological polar surface area (TPSA) is 246 Å². The largest absolute Gasteiger partial charge is 0.459 e. The highest BCUT2D eigenvalue weighted by Gasteiger charge is 2.69. The Labute approximate surface area is 677 Å². The average Bonchev–Trinajstić information content (AvgIpc) is 1.39. The Morgan fingerprint density at radius 1 is 0.368 bits per heavy atom. The van der Waals surface area contributed by atoms with Crippen LogP contribution >= 0.6 is 0 Å². The van der Waals surface area contributed by atoms with E-state index in [0.29, 0.717) is 36.0 Å². The first-order valence-corrected chi connectivity index (χ1v) is 39.8. The molecule has 0 amide bonds. The summed E-state index contributed by atoms with van der Waals surface area (Å²) in [5.74, 6) is -8.12. The minimum absolute atomic E-state index is 0.00543. The van der Waals surface area contributed by atoms with Crippen LogP contribution in [0.25, 0.3) is 0 Å². The number of ether oxygens (including phenoxy) is 23. The maximum atomic E-state index is 14.6. The van der Waals surface area contributed by atoms with Gasteiger partial charge in [0.05, 0.1) is 65.0 Å². The van der Waals surface area contributed by atoms with Gasteiger partial charge in [-0.15, -0.1) is 0 Å². The summed E-state index contributed by atoms with van der Waals surface area (Å²) in [6, 6.07) is 54.4. The van der Waals surface area contributed by atoms with Crippen LogP contribution in [0.1, 0.15) is 104 Å². The van der Waals surface area contributed by atoms with Gasteiger partial charge in [-0.3, -0.25) is 4.79 Å². The fourth-order valence-electron chi connectivity index (χ4n) is 16.5. The van der Waals surface area contributed by atoms with Gasteiger partial charge in [0.15, 0.2) is 42.8 Å². The van der Waals surface area contributed by atoms with Crippen LogP contribution in [-0.2, 0) is 153 Å². The minimum Gasteiger partial charge on any atom is -0.459 e. The standard InChI is InChI=1S/C89H101F3O25/c1-54(93)106-78-74(101-49-60-34-40-64(92)41-35-60)69(99-48-59-32-38-63(91)39-33-59)65(50-97-44-58-30-36-62(90)37-31-58)107-82(78)104-52-66-70(98-45-55-22-12-8-13-23-55)73(100-46-56-24-14-9-15-25-56)77(102-47-57-26-16-10-17-27-57)84(109-66)111-79-75-72(115-88(95-6)42-20-21-43-89(88,96-7)116-75)67(51-103-81(94)61-28-18-11-19-29-61)108-83(79)105-53-68-71-76(113-86(2,3)112-71)80-85(110-68)117-87(4,5)114-80/h8-19,22-41,65-80,82-85H,20-21,42-53H2,1-7H3/t65-,66-,67-,68-,69-,70-,71+,72-,73+,74+,75+,76+,77+,78+,79+,80-,82+,83+,84-,85-,88+,89+/m1/s1. The van der Waals surface area contributed by atoms with Gasteiger partial charge in [-0.05, 0) is 122 Å². The van der Waals surface area contributed by atoms with Crippen molar-refractivity contribution in [2.75, 3.05) is 40.6 Å². The van der Waals surface area contributed by atoms with Crippen molar-refractivity contribution in [3.05, 3.63) is 251 Å². The number of fused-ring (bicyclic) bond motifs is 5. The van der Waals surface area contributed by atoms with Gasteiger partial charge in [-0.25, -0.2) is 18.0 Å². The predicted octanol–water partition coefficient (Wildman–Crippen LogP) is 12.4. The van der Waals surface area contributed by atoms with Crippen LogP contribution in [0.3, 0.4) is 0 Å². The zero-order valence-electron chi connectivity index (χ0n) is 66.3. The third-order valence-electron chi connectivity index (χ3n) is 22.0. The molecule has 0 spiro atoms. The maximum Gasteiger partial charge on any atom is 0.338 e. The molecule has 0 unspecified atom stereocenters. The van der Waals surface area contributed by atoms with E-state index in [1.165, 1.54) is 57.5 Å². The summed E-state index contributed by atoms with van der Waals surface area (Å²) < 4.78 is 203. The van der Waals surface area contributed by atoms with Crippen LogP contribution in [0, 0.1) is 17.5 Å². The molecular formula is C89H101F3O25. The lowest BCUT2D eigenvalue weighted by atomic mass is 9.83. The van der Waals surface area contributed by atoms with E-state index in [1.54, 1.807) is 94.4 Å². The van der Waals surface area contributed by atoms with E-state index in [-0.39, 0.29) is 64.8 Å². The lowest BCUT2D eigenvalue weighted by molar-refractivity contribution is -0.502. The second kappa shape index (κ2) is 38.0. The van der Waals surface area contributed by atoms with Gasteiger partial charge < -0.3 is 109 Å². The van der Waals surface area contributed by atoms with Crippen molar-refractivity contribution >= 4 is 11.9 Å². The minimum atomic E-state index is -1.61.